The summed E-state index contributed by atoms with van der Waals surface area (Å²) in [5.41, 5.74) is 1.31. The molecule has 0 spiro atoms. The van der Waals surface area contributed by atoms with Gasteiger partial charge in [0, 0.05) is 16.5 Å². The van der Waals surface area contributed by atoms with Crippen molar-refractivity contribution >= 4 is 57.9 Å². The minimum absolute atomic E-state index is 0.186. The van der Waals surface area contributed by atoms with Crippen molar-refractivity contribution in [3.63, 3.8) is 0 Å². The van der Waals surface area contributed by atoms with Crippen molar-refractivity contribution < 1.29 is 13.9 Å². The number of thiazole rings is 1. The van der Waals surface area contributed by atoms with Gasteiger partial charge in [0.25, 0.3) is 5.56 Å². The van der Waals surface area contributed by atoms with Crippen molar-refractivity contribution in [1.82, 2.24) is 4.57 Å². The highest BCUT2D eigenvalue weighted by Crippen LogP contribution is 2.35. The fourth-order valence-corrected chi connectivity index (χ4v) is 6.26. The lowest BCUT2D eigenvalue weighted by Crippen LogP contribution is -2.39. The topological polar surface area (TPSA) is 73.8 Å². The van der Waals surface area contributed by atoms with E-state index in [1.54, 1.807) is 41.8 Å². The Morgan fingerprint density at radius 2 is 2.03 bits per heavy atom. The molecule has 6 nitrogen and oxygen atoms in total. The Morgan fingerprint density at radius 1 is 1.22 bits per heavy atom. The third-order valence-electron chi connectivity index (χ3n) is 5.72. The third kappa shape index (κ3) is 4.99. The molecule has 190 valence electrons. The summed E-state index contributed by atoms with van der Waals surface area (Å²) in [6.45, 7) is 6.01. The van der Waals surface area contributed by atoms with E-state index in [1.807, 2.05) is 37.4 Å². The SMILES string of the molecule is CC1=C(C(=O)OCC(C)C)[C@@H](c2cccs2)n2c(s/c(=C\c3ccc(-c4cccc(Cl)c4Cl)o3)c2=O)=N1. The second-order valence-corrected chi connectivity index (χ2v) is 11.7. The lowest BCUT2D eigenvalue weighted by molar-refractivity contribution is -0.140. The van der Waals surface area contributed by atoms with E-state index in [9.17, 15) is 9.59 Å². The summed E-state index contributed by atoms with van der Waals surface area (Å²) in [5, 5.41) is 2.74. The number of hydrogen-bond donors (Lipinski definition) is 0. The highest BCUT2D eigenvalue weighted by atomic mass is 35.5. The quantitative estimate of drug-likeness (QED) is 0.263. The van der Waals surface area contributed by atoms with Crippen LogP contribution in [0.5, 0.6) is 0 Å². The summed E-state index contributed by atoms with van der Waals surface area (Å²) >= 11 is 15.2. The normalized spacial score (nSPS) is 15.7. The summed E-state index contributed by atoms with van der Waals surface area (Å²) < 4.78 is 13.5. The summed E-state index contributed by atoms with van der Waals surface area (Å²) in [6.07, 6.45) is 1.67. The molecule has 0 amide bonds. The average Bonchev–Trinajstić information content (AvgIpc) is 3.61. The van der Waals surface area contributed by atoms with Gasteiger partial charge in [0.2, 0.25) is 0 Å². The molecular weight excluding hydrogens is 551 g/mol. The highest BCUT2D eigenvalue weighted by Gasteiger charge is 2.34. The minimum Gasteiger partial charge on any atom is -0.462 e. The van der Waals surface area contributed by atoms with Crippen LogP contribution in [0.3, 0.4) is 0 Å². The number of benzene rings is 1. The molecule has 0 N–H and O–H groups in total. The maximum absolute atomic E-state index is 13.7. The first-order valence-electron chi connectivity index (χ1n) is 11.5. The number of rotatable bonds is 6. The summed E-state index contributed by atoms with van der Waals surface area (Å²) in [6, 6.07) is 12.0. The van der Waals surface area contributed by atoms with Crippen LogP contribution in [0.25, 0.3) is 17.4 Å². The van der Waals surface area contributed by atoms with Crippen LogP contribution < -0.4 is 14.9 Å². The van der Waals surface area contributed by atoms with Crippen molar-refractivity contribution in [3.8, 4) is 11.3 Å². The van der Waals surface area contributed by atoms with Gasteiger partial charge in [0.05, 0.1) is 32.5 Å². The summed E-state index contributed by atoms with van der Waals surface area (Å²) in [5.74, 6) is 0.744. The van der Waals surface area contributed by atoms with E-state index in [4.69, 9.17) is 32.4 Å². The lowest BCUT2D eigenvalue weighted by Gasteiger charge is -2.23. The van der Waals surface area contributed by atoms with E-state index in [0.29, 0.717) is 47.7 Å². The van der Waals surface area contributed by atoms with Crippen molar-refractivity contribution in [2.24, 2.45) is 10.9 Å². The fraction of sp³-hybridized carbons (Fsp3) is 0.222. The van der Waals surface area contributed by atoms with Crippen LogP contribution >= 0.6 is 45.9 Å². The van der Waals surface area contributed by atoms with Crippen LogP contribution in [0.15, 0.2) is 73.3 Å². The van der Waals surface area contributed by atoms with Gasteiger partial charge in [-0.2, -0.15) is 0 Å². The second kappa shape index (κ2) is 10.5. The highest BCUT2D eigenvalue weighted by molar-refractivity contribution is 7.10. The van der Waals surface area contributed by atoms with Gasteiger partial charge >= 0.3 is 5.97 Å². The number of carbonyl (C=O) groups excluding carboxylic acids is 1. The maximum Gasteiger partial charge on any atom is 0.338 e. The van der Waals surface area contributed by atoms with Crippen LogP contribution in [-0.4, -0.2) is 17.1 Å². The van der Waals surface area contributed by atoms with Crippen molar-refractivity contribution in [3.05, 3.63) is 99.5 Å². The van der Waals surface area contributed by atoms with Gasteiger partial charge in [0.1, 0.15) is 17.6 Å². The minimum atomic E-state index is -0.615. The first-order chi connectivity index (χ1) is 17.7. The van der Waals surface area contributed by atoms with Crippen LogP contribution in [0, 0.1) is 5.92 Å². The molecule has 0 unspecified atom stereocenters. The van der Waals surface area contributed by atoms with E-state index in [0.717, 1.165) is 4.88 Å². The number of hydrogen-bond acceptors (Lipinski definition) is 7. The molecular formula is C27H22Cl2N2O4S2. The molecule has 3 aromatic heterocycles. The smallest absolute Gasteiger partial charge is 0.338 e. The van der Waals surface area contributed by atoms with Crippen molar-refractivity contribution in [2.45, 2.75) is 26.8 Å². The number of nitrogens with zero attached hydrogens (tertiary/aromatic N) is 2. The average molecular weight is 574 g/mol. The number of ether oxygens (including phenoxy) is 1. The Bertz CT molecular complexity index is 1690. The molecule has 4 aromatic rings. The lowest BCUT2D eigenvalue weighted by atomic mass is 10.0. The van der Waals surface area contributed by atoms with Gasteiger partial charge in [-0.25, -0.2) is 9.79 Å². The standard InChI is InChI=1S/C27H22Cl2N2O4S2/c1-14(2)13-34-26(33)22-15(3)30-27-31(24(22)20-8-5-11-36-20)25(32)21(37-27)12-16-9-10-19(35-16)17-6-4-7-18(28)23(17)29/h4-12,14,24H,13H2,1-3H3/b21-12-/t24-/m1/s1. The zero-order valence-electron chi connectivity index (χ0n) is 20.2. The first kappa shape index (κ1) is 25.7. The molecule has 0 saturated heterocycles. The monoisotopic (exact) mass is 572 g/mol. The Morgan fingerprint density at radius 3 is 2.76 bits per heavy atom. The van der Waals surface area contributed by atoms with Gasteiger partial charge < -0.3 is 9.15 Å². The number of carbonyl (C=O) groups is 1. The Kier molecular flexibility index (Phi) is 7.27. The number of thiophene rings is 1. The largest absolute Gasteiger partial charge is 0.462 e. The molecule has 1 atom stereocenters. The van der Waals surface area contributed by atoms with Gasteiger partial charge in [-0.05, 0) is 48.6 Å². The molecule has 4 heterocycles. The molecule has 5 rings (SSSR count). The molecule has 0 radical (unpaired) electrons. The van der Waals surface area contributed by atoms with Crippen LogP contribution in [-0.2, 0) is 9.53 Å². The number of allylic oxidation sites excluding steroid dienone is 1. The Balaban J connectivity index is 1.59. The molecule has 0 aliphatic carbocycles. The molecule has 0 bridgehead atoms. The van der Waals surface area contributed by atoms with E-state index in [2.05, 4.69) is 4.99 Å². The van der Waals surface area contributed by atoms with Crippen LogP contribution in [0.2, 0.25) is 10.0 Å². The van der Waals surface area contributed by atoms with Gasteiger partial charge in [-0.15, -0.1) is 11.3 Å². The predicted octanol–water partition coefficient (Wildman–Crippen LogP) is 6.06. The van der Waals surface area contributed by atoms with E-state index < -0.39 is 12.0 Å². The predicted molar refractivity (Wildman–Crippen MR) is 148 cm³/mol. The first-order valence-corrected chi connectivity index (χ1v) is 14.0. The molecule has 10 heteroatoms. The zero-order chi connectivity index (χ0) is 26.3. The third-order valence-corrected chi connectivity index (χ3v) is 8.45. The number of fused-ring (bicyclic) bond motifs is 1. The number of furan rings is 1. The maximum atomic E-state index is 13.7. The van der Waals surface area contributed by atoms with E-state index in [-0.39, 0.29) is 18.1 Å². The summed E-state index contributed by atoms with van der Waals surface area (Å²) in [4.78, 5) is 32.8. The van der Waals surface area contributed by atoms with Crippen LogP contribution in [0.4, 0.5) is 0 Å². The molecule has 1 aromatic carbocycles. The van der Waals surface area contributed by atoms with E-state index >= 15 is 0 Å². The van der Waals surface area contributed by atoms with E-state index in [1.165, 1.54) is 22.7 Å². The van der Waals surface area contributed by atoms with Crippen LogP contribution in [0.1, 0.15) is 37.5 Å². The Hall–Kier alpha value is -2.91. The molecule has 1 aliphatic heterocycles. The number of halogens is 2. The molecule has 0 saturated carbocycles. The number of esters is 1. The molecule has 0 fully saturated rings. The number of aromatic nitrogens is 1. The molecule has 1 aliphatic rings. The fourth-order valence-electron chi connectivity index (χ4n) is 4.02. The van der Waals surface area contributed by atoms with Crippen molar-refractivity contribution in [1.29, 1.82) is 0 Å². The van der Waals surface area contributed by atoms with Gasteiger partial charge in [0.15, 0.2) is 4.80 Å². The van der Waals surface area contributed by atoms with Crippen molar-refractivity contribution in [2.75, 3.05) is 6.61 Å². The zero-order valence-corrected chi connectivity index (χ0v) is 23.3. The van der Waals surface area contributed by atoms with Gasteiger partial charge in [-0.1, -0.05) is 60.5 Å². The van der Waals surface area contributed by atoms with Gasteiger partial charge in [-0.3, -0.25) is 9.36 Å². The Labute approximate surface area is 230 Å². The molecule has 37 heavy (non-hydrogen) atoms. The second-order valence-electron chi connectivity index (χ2n) is 8.89. The summed E-state index contributed by atoms with van der Waals surface area (Å²) in [7, 11) is 0.